The van der Waals surface area contributed by atoms with E-state index in [1.165, 1.54) is 32.1 Å². The lowest BCUT2D eigenvalue weighted by Gasteiger charge is -2.29. The van der Waals surface area contributed by atoms with Crippen LogP contribution in [0.2, 0.25) is 0 Å². The number of hydrazine groups is 1. The fourth-order valence-corrected chi connectivity index (χ4v) is 3.02. The summed E-state index contributed by atoms with van der Waals surface area (Å²) in [4.78, 5) is 9.30. The van der Waals surface area contributed by atoms with E-state index in [-0.39, 0.29) is 6.10 Å². The lowest BCUT2D eigenvalue weighted by Crippen LogP contribution is -2.23. The molecular formula is C16H28N4O. The molecule has 3 N–H and O–H groups in total. The van der Waals surface area contributed by atoms with Gasteiger partial charge in [-0.3, -0.25) is 0 Å². The summed E-state index contributed by atoms with van der Waals surface area (Å²) in [7, 11) is 0. The minimum absolute atomic E-state index is 0.0129. The van der Waals surface area contributed by atoms with Crippen LogP contribution in [-0.4, -0.2) is 16.6 Å². The number of hydrogen-bond donors (Lipinski definition) is 2. The van der Waals surface area contributed by atoms with Crippen molar-refractivity contribution in [3.8, 4) is 0 Å². The van der Waals surface area contributed by atoms with Crippen molar-refractivity contribution in [2.45, 2.75) is 64.9 Å². The predicted octanol–water partition coefficient (Wildman–Crippen LogP) is 3.54. The average molecular weight is 292 g/mol. The standard InChI is InChI=1S/C16H28N4O/c1-4-21-15(12-8-6-5-7-9-12)16-18-13(11(2)3)10-14(19-16)20-17/h10-12,15H,4-9,17H2,1-3H3,(H,18,19,20). The van der Waals surface area contributed by atoms with Gasteiger partial charge in [-0.05, 0) is 31.6 Å². The molecular weight excluding hydrogens is 264 g/mol. The van der Waals surface area contributed by atoms with E-state index in [0.29, 0.717) is 24.3 Å². The summed E-state index contributed by atoms with van der Waals surface area (Å²) in [6, 6.07) is 1.91. The first-order valence-corrected chi connectivity index (χ1v) is 8.12. The molecule has 5 heteroatoms. The Balaban J connectivity index is 2.31. The van der Waals surface area contributed by atoms with E-state index < -0.39 is 0 Å². The number of aromatic nitrogens is 2. The number of ether oxygens (including phenoxy) is 1. The smallest absolute Gasteiger partial charge is 0.160 e. The first kappa shape index (κ1) is 16.2. The highest BCUT2D eigenvalue weighted by molar-refractivity contribution is 5.35. The average Bonchev–Trinajstić information content (AvgIpc) is 2.52. The molecule has 21 heavy (non-hydrogen) atoms. The molecule has 2 rings (SSSR count). The molecule has 1 heterocycles. The molecule has 1 atom stereocenters. The lowest BCUT2D eigenvalue weighted by atomic mass is 9.84. The molecule has 5 nitrogen and oxygen atoms in total. The van der Waals surface area contributed by atoms with Crippen molar-refractivity contribution in [1.82, 2.24) is 9.97 Å². The Kier molecular flexibility index (Phi) is 5.94. The SMILES string of the molecule is CCOC(c1nc(NN)cc(C(C)C)n1)C1CCCCC1. The molecule has 1 unspecified atom stereocenters. The van der Waals surface area contributed by atoms with E-state index in [9.17, 15) is 0 Å². The molecule has 1 aliphatic rings. The summed E-state index contributed by atoms with van der Waals surface area (Å²) in [5, 5.41) is 0. The molecule has 0 aromatic carbocycles. The van der Waals surface area contributed by atoms with Crippen LogP contribution < -0.4 is 11.3 Å². The third-order valence-corrected chi connectivity index (χ3v) is 4.18. The van der Waals surface area contributed by atoms with Crippen LogP contribution in [0.4, 0.5) is 5.82 Å². The molecule has 1 aromatic heterocycles. The zero-order valence-corrected chi connectivity index (χ0v) is 13.4. The molecule has 1 aliphatic carbocycles. The molecule has 1 saturated carbocycles. The van der Waals surface area contributed by atoms with Crippen molar-refractivity contribution < 1.29 is 4.74 Å². The minimum Gasteiger partial charge on any atom is -0.370 e. The minimum atomic E-state index is -0.0129. The van der Waals surface area contributed by atoms with E-state index in [1.807, 2.05) is 13.0 Å². The molecule has 0 bridgehead atoms. The van der Waals surface area contributed by atoms with Crippen LogP contribution in [-0.2, 0) is 4.74 Å². The van der Waals surface area contributed by atoms with Gasteiger partial charge in [0.25, 0.3) is 0 Å². The van der Waals surface area contributed by atoms with Gasteiger partial charge in [-0.25, -0.2) is 15.8 Å². The van der Waals surface area contributed by atoms with Gasteiger partial charge in [0.15, 0.2) is 5.82 Å². The highest BCUT2D eigenvalue weighted by Crippen LogP contribution is 2.36. The first-order valence-electron chi connectivity index (χ1n) is 8.12. The van der Waals surface area contributed by atoms with Crippen molar-refractivity contribution in [2.24, 2.45) is 11.8 Å². The van der Waals surface area contributed by atoms with Crippen LogP contribution >= 0.6 is 0 Å². The van der Waals surface area contributed by atoms with Gasteiger partial charge in [0.1, 0.15) is 11.9 Å². The van der Waals surface area contributed by atoms with Crippen LogP contribution in [0, 0.1) is 5.92 Å². The zero-order valence-electron chi connectivity index (χ0n) is 13.4. The number of nitrogens with zero attached hydrogens (tertiary/aromatic N) is 2. The second kappa shape index (κ2) is 7.71. The van der Waals surface area contributed by atoms with Crippen molar-refractivity contribution in [1.29, 1.82) is 0 Å². The van der Waals surface area contributed by atoms with Gasteiger partial charge in [0, 0.05) is 18.4 Å². The summed E-state index contributed by atoms with van der Waals surface area (Å²) < 4.78 is 6.01. The molecule has 0 aliphatic heterocycles. The molecule has 118 valence electrons. The second-order valence-electron chi connectivity index (χ2n) is 6.11. The van der Waals surface area contributed by atoms with Crippen LogP contribution in [0.1, 0.15) is 76.4 Å². The second-order valence-corrected chi connectivity index (χ2v) is 6.11. The molecule has 0 spiro atoms. The molecule has 1 fully saturated rings. The summed E-state index contributed by atoms with van der Waals surface area (Å²) >= 11 is 0. The van der Waals surface area contributed by atoms with Gasteiger partial charge in [0.2, 0.25) is 0 Å². The highest BCUT2D eigenvalue weighted by atomic mass is 16.5. The normalized spacial score (nSPS) is 18.0. The van der Waals surface area contributed by atoms with E-state index >= 15 is 0 Å². The topological polar surface area (TPSA) is 73.1 Å². The monoisotopic (exact) mass is 292 g/mol. The van der Waals surface area contributed by atoms with Crippen molar-refractivity contribution in [3.05, 3.63) is 17.6 Å². The van der Waals surface area contributed by atoms with Gasteiger partial charge in [0.05, 0.1) is 0 Å². The third kappa shape index (κ3) is 4.14. The molecule has 0 radical (unpaired) electrons. The Morgan fingerprint density at radius 2 is 2.00 bits per heavy atom. The van der Waals surface area contributed by atoms with E-state index in [2.05, 4.69) is 24.3 Å². The Bertz CT molecular complexity index is 444. The maximum Gasteiger partial charge on any atom is 0.160 e. The maximum atomic E-state index is 6.01. The van der Waals surface area contributed by atoms with Crippen molar-refractivity contribution in [2.75, 3.05) is 12.0 Å². The summed E-state index contributed by atoms with van der Waals surface area (Å²) in [5.74, 6) is 7.87. The maximum absolute atomic E-state index is 6.01. The number of rotatable bonds is 6. The van der Waals surface area contributed by atoms with Crippen molar-refractivity contribution in [3.63, 3.8) is 0 Å². The van der Waals surface area contributed by atoms with E-state index in [0.717, 1.165) is 11.5 Å². The predicted molar refractivity (Wildman–Crippen MR) is 84.9 cm³/mol. The van der Waals surface area contributed by atoms with Crippen LogP contribution in [0.25, 0.3) is 0 Å². The van der Waals surface area contributed by atoms with Gasteiger partial charge < -0.3 is 10.2 Å². The van der Waals surface area contributed by atoms with Crippen molar-refractivity contribution >= 4 is 5.82 Å². The Labute approximate surface area is 127 Å². The Morgan fingerprint density at radius 1 is 1.29 bits per heavy atom. The quantitative estimate of drug-likeness (QED) is 0.619. The van der Waals surface area contributed by atoms with Crippen LogP contribution in [0.3, 0.4) is 0 Å². The summed E-state index contributed by atoms with van der Waals surface area (Å²) in [5.41, 5.74) is 3.66. The van der Waals surface area contributed by atoms with Gasteiger partial charge >= 0.3 is 0 Å². The Hall–Kier alpha value is -1.20. The van der Waals surface area contributed by atoms with E-state index in [4.69, 9.17) is 15.6 Å². The fraction of sp³-hybridized carbons (Fsp3) is 0.750. The Morgan fingerprint density at radius 3 is 2.57 bits per heavy atom. The molecule has 0 saturated heterocycles. The van der Waals surface area contributed by atoms with E-state index in [1.54, 1.807) is 0 Å². The number of hydrogen-bond acceptors (Lipinski definition) is 5. The van der Waals surface area contributed by atoms with Gasteiger partial charge in [-0.1, -0.05) is 33.1 Å². The first-order chi connectivity index (χ1) is 10.2. The van der Waals surface area contributed by atoms with Gasteiger partial charge in [-0.15, -0.1) is 0 Å². The molecule has 0 amide bonds. The summed E-state index contributed by atoms with van der Waals surface area (Å²) in [6.07, 6.45) is 6.27. The zero-order chi connectivity index (χ0) is 15.2. The number of nitrogen functional groups attached to an aromatic ring is 1. The van der Waals surface area contributed by atoms with Crippen LogP contribution in [0.5, 0.6) is 0 Å². The fourth-order valence-electron chi connectivity index (χ4n) is 3.02. The van der Waals surface area contributed by atoms with Crippen LogP contribution in [0.15, 0.2) is 6.07 Å². The third-order valence-electron chi connectivity index (χ3n) is 4.18. The summed E-state index contributed by atoms with van der Waals surface area (Å²) in [6.45, 7) is 6.97. The number of nitrogens with two attached hydrogens (primary N) is 1. The number of anilines is 1. The highest BCUT2D eigenvalue weighted by Gasteiger charge is 2.28. The van der Waals surface area contributed by atoms with Gasteiger partial charge in [-0.2, -0.15) is 0 Å². The number of nitrogens with one attached hydrogen (secondary N) is 1. The lowest BCUT2D eigenvalue weighted by molar-refractivity contribution is -0.000256. The largest absolute Gasteiger partial charge is 0.370 e. The molecule has 1 aromatic rings.